The molecule has 1 amide bonds. The normalized spacial score (nSPS) is 18.2. The third kappa shape index (κ3) is 3.10. The number of amides is 1. The van der Waals surface area contributed by atoms with Crippen molar-refractivity contribution in [1.82, 2.24) is 5.32 Å². The highest BCUT2D eigenvalue weighted by molar-refractivity contribution is 6.30. The summed E-state index contributed by atoms with van der Waals surface area (Å²) in [5, 5.41) is 13.2. The van der Waals surface area contributed by atoms with Crippen LogP contribution >= 0.6 is 11.6 Å². The lowest BCUT2D eigenvalue weighted by Crippen LogP contribution is -2.40. The Hall–Kier alpha value is -1.06. The second kappa shape index (κ2) is 5.51. The second-order valence-corrected chi connectivity index (χ2v) is 6.05. The summed E-state index contributed by atoms with van der Waals surface area (Å²) in [6, 6.07) is 7.47. The van der Waals surface area contributed by atoms with E-state index in [4.69, 9.17) is 11.6 Å². The lowest BCUT2D eigenvalue weighted by Gasteiger charge is -2.19. The second-order valence-electron chi connectivity index (χ2n) is 5.61. The number of halogens is 1. The van der Waals surface area contributed by atoms with Crippen LogP contribution in [-0.4, -0.2) is 23.7 Å². The Bertz CT molecular complexity index is 469. The molecule has 0 aliphatic heterocycles. The van der Waals surface area contributed by atoms with Gasteiger partial charge < -0.3 is 10.4 Å². The minimum atomic E-state index is -0.501. The van der Waals surface area contributed by atoms with E-state index < -0.39 is 11.5 Å². The maximum atomic E-state index is 12.3. The van der Waals surface area contributed by atoms with Crippen molar-refractivity contribution in [3.63, 3.8) is 0 Å². The predicted octanol–water partition coefficient (Wildman–Crippen LogP) is 2.50. The number of benzene rings is 1. The maximum Gasteiger partial charge on any atom is 0.230 e. The van der Waals surface area contributed by atoms with Crippen molar-refractivity contribution < 1.29 is 9.90 Å². The van der Waals surface area contributed by atoms with E-state index in [2.05, 4.69) is 5.32 Å². The third-order valence-corrected chi connectivity index (χ3v) is 4.04. The number of rotatable bonds is 5. The molecule has 4 heteroatoms. The Balaban J connectivity index is 2.03. The van der Waals surface area contributed by atoms with Crippen LogP contribution in [0.1, 0.15) is 32.3 Å². The molecule has 2 N–H and O–H groups in total. The molecule has 1 aliphatic rings. The van der Waals surface area contributed by atoms with Gasteiger partial charge in [0, 0.05) is 11.6 Å². The average Bonchev–Trinajstić information content (AvgIpc) is 3.16. The monoisotopic (exact) mass is 281 g/mol. The molecule has 104 valence electrons. The molecular formula is C15H20ClNO2. The molecule has 0 saturated heterocycles. The Morgan fingerprint density at radius 2 is 2.16 bits per heavy atom. The molecule has 0 spiro atoms. The summed E-state index contributed by atoms with van der Waals surface area (Å²) in [6.45, 7) is 4.17. The van der Waals surface area contributed by atoms with Crippen molar-refractivity contribution in [2.24, 2.45) is 5.92 Å². The van der Waals surface area contributed by atoms with E-state index in [1.54, 1.807) is 0 Å². The number of aliphatic hydroxyl groups is 1. The first-order valence-electron chi connectivity index (χ1n) is 6.68. The third-order valence-electron chi connectivity index (χ3n) is 3.80. The van der Waals surface area contributed by atoms with Gasteiger partial charge >= 0.3 is 0 Å². The van der Waals surface area contributed by atoms with Gasteiger partial charge in [-0.15, -0.1) is 0 Å². The lowest BCUT2D eigenvalue weighted by molar-refractivity contribution is -0.124. The quantitative estimate of drug-likeness (QED) is 0.871. The molecule has 0 bridgehead atoms. The predicted molar refractivity (Wildman–Crippen MR) is 76.2 cm³/mol. The van der Waals surface area contributed by atoms with E-state index in [9.17, 15) is 9.90 Å². The van der Waals surface area contributed by atoms with E-state index in [0.29, 0.717) is 11.6 Å². The van der Waals surface area contributed by atoms with Gasteiger partial charge in [-0.3, -0.25) is 4.79 Å². The number of carbonyl (C=O) groups is 1. The smallest absolute Gasteiger partial charge is 0.230 e. The first kappa shape index (κ1) is 14.4. The van der Waals surface area contributed by atoms with Gasteiger partial charge in [-0.25, -0.2) is 0 Å². The molecular weight excluding hydrogens is 262 g/mol. The highest BCUT2D eigenvalue weighted by atomic mass is 35.5. The first-order chi connectivity index (χ1) is 8.95. The first-order valence-corrected chi connectivity index (χ1v) is 7.06. The van der Waals surface area contributed by atoms with E-state index in [1.807, 2.05) is 38.1 Å². The van der Waals surface area contributed by atoms with Crippen LogP contribution in [0.2, 0.25) is 5.02 Å². The minimum Gasteiger partial charge on any atom is -0.391 e. The largest absolute Gasteiger partial charge is 0.391 e. The summed E-state index contributed by atoms with van der Waals surface area (Å²) < 4.78 is 0. The summed E-state index contributed by atoms with van der Waals surface area (Å²) in [4.78, 5) is 12.3. The van der Waals surface area contributed by atoms with Gasteiger partial charge in [0.15, 0.2) is 0 Å². The number of hydrogen-bond acceptors (Lipinski definition) is 2. The van der Waals surface area contributed by atoms with Crippen molar-refractivity contribution in [1.29, 1.82) is 0 Å². The van der Waals surface area contributed by atoms with Crippen LogP contribution in [0.15, 0.2) is 24.3 Å². The van der Waals surface area contributed by atoms with Gasteiger partial charge in [-0.2, -0.15) is 0 Å². The summed E-state index contributed by atoms with van der Waals surface area (Å²) in [5.74, 6) is 0.135. The van der Waals surface area contributed by atoms with Crippen LogP contribution in [0.3, 0.4) is 0 Å². The molecule has 3 nitrogen and oxygen atoms in total. The highest BCUT2D eigenvalue weighted by Gasteiger charge is 2.51. The zero-order valence-electron chi connectivity index (χ0n) is 11.3. The van der Waals surface area contributed by atoms with Crippen LogP contribution in [0.4, 0.5) is 0 Å². The van der Waals surface area contributed by atoms with E-state index in [-0.39, 0.29) is 11.8 Å². The zero-order chi connectivity index (χ0) is 14.0. The standard InChI is InChI=1S/C15H20ClNO2/c1-10(2)13(18)9-17-14(19)15(6-7-15)11-4-3-5-12(16)8-11/h3-5,8,10,13,18H,6-7,9H2,1-2H3,(H,17,19). The van der Waals surface area contributed by atoms with Crippen LogP contribution in [0.5, 0.6) is 0 Å². The Kier molecular flexibility index (Phi) is 4.16. The van der Waals surface area contributed by atoms with Gasteiger partial charge in [0.2, 0.25) is 5.91 Å². The Labute approximate surface area is 119 Å². The van der Waals surface area contributed by atoms with Crippen LogP contribution in [-0.2, 0) is 10.2 Å². The summed E-state index contributed by atoms with van der Waals surface area (Å²) in [7, 11) is 0. The molecule has 1 atom stereocenters. The number of carbonyl (C=O) groups excluding carboxylic acids is 1. The van der Waals surface area contributed by atoms with E-state index >= 15 is 0 Å². The molecule has 19 heavy (non-hydrogen) atoms. The van der Waals surface area contributed by atoms with Gasteiger partial charge in [0.1, 0.15) is 0 Å². The molecule has 1 aromatic rings. The lowest BCUT2D eigenvalue weighted by atomic mass is 9.95. The molecule has 0 heterocycles. The number of aliphatic hydroxyl groups excluding tert-OH is 1. The zero-order valence-corrected chi connectivity index (χ0v) is 12.1. The molecule has 1 unspecified atom stereocenters. The fourth-order valence-electron chi connectivity index (χ4n) is 2.16. The van der Waals surface area contributed by atoms with Crippen molar-refractivity contribution in [3.05, 3.63) is 34.9 Å². The van der Waals surface area contributed by atoms with Crippen LogP contribution < -0.4 is 5.32 Å². The summed E-state index contributed by atoms with van der Waals surface area (Å²) in [6.07, 6.45) is 1.19. The summed E-state index contributed by atoms with van der Waals surface area (Å²) >= 11 is 5.98. The van der Waals surface area contributed by atoms with E-state index in [1.165, 1.54) is 0 Å². The average molecular weight is 282 g/mol. The fourth-order valence-corrected chi connectivity index (χ4v) is 2.35. The minimum absolute atomic E-state index is 0.00512. The van der Waals surface area contributed by atoms with Crippen LogP contribution in [0, 0.1) is 5.92 Å². The summed E-state index contributed by atoms with van der Waals surface area (Å²) in [5.41, 5.74) is 0.540. The molecule has 0 aromatic heterocycles. The molecule has 1 aromatic carbocycles. The molecule has 1 fully saturated rings. The van der Waals surface area contributed by atoms with Gasteiger partial charge in [-0.1, -0.05) is 37.6 Å². The molecule has 2 rings (SSSR count). The molecule has 1 aliphatic carbocycles. The van der Waals surface area contributed by atoms with Gasteiger partial charge in [0.25, 0.3) is 0 Å². The highest BCUT2D eigenvalue weighted by Crippen LogP contribution is 2.48. The Morgan fingerprint density at radius 3 is 2.68 bits per heavy atom. The molecule has 0 radical (unpaired) electrons. The van der Waals surface area contributed by atoms with Gasteiger partial charge in [-0.05, 0) is 36.5 Å². The number of hydrogen-bond donors (Lipinski definition) is 2. The SMILES string of the molecule is CC(C)C(O)CNC(=O)C1(c2cccc(Cl)c2)CC1. The fraction of sp³-hybridized carbons (Fsp3) is 0.533. The number of nitrogens with one attached hydrogen (secondary N) is 1. The Morgan fingerprint density at radius 1 is 1.47 bits per heavy atom. The van der Waals surface area contributed by atoms with E-state index in [0.717, 1.165) is 18.4 Å². The van der Waals surface area contributed by atoms with Crippen molar-refractivity contribution in [3.8, 4) is 0 Å². The van der Waals surface area contributed by atoms with Gasteiger partial charge in [0.05, 0.1) is 11.5 Å². The van der Waals surface area contributed by atoms with Crippen molar-refractivity contribution >= 4 is 17.5 Å². The van der Waals surface area contributed by atoms with Crippen molar-refractivity contribution in [2.45, 2.75) is 38.2 Å². The van der Waals surface area contributed by atoms with Crippen LogP contribution in [0.25, 0.3) is 0 Å². The molecule has 1 saturated carbocycles. The van der Waals surface area contributed by atoms with Crippen molar-refractivity contribution in [2.75, 3.05) is 6.54 Å². The topological polar surface area (TPSA) is 49.3 Å². The maximum absolute atomic E-state index is 12.3.